The molecule has 0 aromatic heterocycles. The summed E-state index contributed by atoms with van der Waals surface area (Å²) < 4.78 is 0.783. The van der Waals surface area contributed by atoms with Crippen molar-refractivity contribution in [3.8, 4) is 0 Å². The zero-order valence-corrected chi connectivity index (χ0v) is 14.3. The number of carbonyl (C=O) groups is 1. The second-order valence-corrected chi connectivity index (χ2v) is 6.82. The fourth-order valence-electron chi connectivity index (χ4n) is 2.03. The number of carbonyl (C=O) groups excluding carboxylic acids is 1. The van der Waals surface area contributed by atoms with Crippen LogP contribution in [0.4, 0.5) is 0 Å². The Kier molecular flexibility index (Phi) is 5.07. The first-order valence-electron chi connectivity index (χ1n) is 6.69. The van der Waals surface area contributed by atoms with Crippen LogP contribution < -0.4 is 5.32 Å². The van der Waals surface area contributed by atoms with Crippen LogP contribution in [0.2, 0.25) is 5.02 Å². The Balaban J connectivity index is 2.05. The molecule has 2 nitrogen and oxygen atoms in total. The van der Waals surface area contributed by atoms with Crippen molar-refractivity contribution in [3.63, 3.8) is 0 Å². The van der Waals surface area contributed by atoms with E-state index in [1.165, 1.54) is 5.56 Å². The van der Waals surface area contributed by atoms with Gasteiger partial charge < -0.3 is 5.32 Å². The molecule has 0 saturated heterocycles. The van der Waals surface area contributed by atoms with E-state index in [0.717, 1.165) is 4.47 Å². The topological polar surface area (TPSA) is 29.1 Å². The summed E-state index contributed by atoms with van der Waals surface area (Å²) in [5, 5.41) is 3.50. The molecule has 0 saturated carbocycles. The summed E-state index contributed by atoms with van der Waals surface area (Å²) in [5.74, 6) is -0.117. The van der Waals surface area contributed by atoms with Crippen LogP contribution in [0.3, 0.4) is 0 Å². The second kappa shape index (κ2) is 6.63. The Morgan fingerprint density at radius 2 is 1.86 bits per heavy atom. The first-order valence-corrected chi connectivity index (χ1v) is 7.86. The molecule has 0 radical (unpaired) electrons. The highest BCUT2D eigenvalue weighted by Gasteiger charge is 2.21. The van der Waals surface area contributed by atoms with Crippen LogP contribution in [0.25, 0.3) is 0 Å². The summed E-state index contributed by atoms with van der Waals surface area (Å²) in [6.45, 7) is 4.78. The van der Waals surface area contributed by atoms with E-state index in [1.54, 1.807) is 18.2 Å². The average Bonchev–Trinajstić information content (AvgIpc) is 2.48. The minimum absolute atomic E-state index is 0.117. The molecule has 0 fully saturated rings. The maximum atomic E-state index is 12.2. The van der Waals surface area contributed by atoms with Gasteiger partial charge in [-0.1, -0.05) is 55.8 Å². The SMILES string of the molecule is CC(C)(CNC(=O)c1ccc(Br)c(Cl)c1)c1ccccc1. The van der Waals surface area contributed by atoms with Gasteiger partial charge in [-0.15, -0.1) is 0 Å². The van der Waals surface area contributed by atoms with Crippen LogP contribution >= 0.6 is 27.5 Å². The summed E-state index contributed by atoms with van der Waals surface area (Å²) >= 11 is 9.33. The number of halogens is 2. The van der Waals surface area contributed by atoms with Crippen LogP contribution in [0, 0.1) is 0 Å². The maximum Gasteiger partial charge on any atom is 0.251 e. The van der Waals surface area contributed by atoms with Gasteiger partial charge in [0, 0.05) is 22.0 Å². The summed E-state index contributed by atoms with van der Waals surface area (Å²) in [4.78, 5) is 12.2. The quantitative estimate of drug-likeness (QED) is 0.826. The third-order valence-corrected chi connectivity index (χ3v) is 4.66. The van der Waals surface area contributed by atoms with E-state index in [-0.39, 0.29) is 11.3 Å². The zero-order valence-electron chi connectivity index (χ0n) is 12.0. The van der Waals surface area contributed by atoms with Gasteiger partial charge in [0.1, 0.15) is 0 Å². The number of rotatable bonds is 4. The fourth-order valence-corrected chi connectivity index (χ4v) is 2.46. The lowest BCUT2D eigenvalue weighted by molar-refractivity contribution is 0.0945. The van der Waals surface area contributed by atoms with Crippen molar-refractivity contribution in [2.45, 2.75) is 19.3 Å². The molecular formula is C17H17BrClNO. The minimum atomic E-state index is -0.129. The summed E-state index contributed by atoms with van der Waals surface area (Å²) in [5.41, 5.74) is 1.63. The normalized spacial score (nSPS) is 11.2. The molecule has 2 aromatic carbocycles. The fraction of sp³-hybridized carbons (Fsp3) is 0.235. The Morgan fingerprint density at radius 3 is 2.48 bits per heavy atom. The third-order valence-electron chi connectivity index (χ3n) is 3.43. The van der Waals surface area contributed by atoms with Gasteiger partial charge in [-0.05, 0) is 39.7 Å². The summed E-state index contributed by atoms with van der Waals surface area (Å²) in [7, 11) is 0. The number of benzene rings is 2. The molecular weight excluding hydrogens is 350 g/mol. The van der Waals surface area contributed by atoms with E-state index in [4.69, 9.17) is 11.6 Å². The molecule has 4 heteroatoms. The van der Waals surface area contributed by atoms with E-state index >= 15 is 0 Å². The molecule has 0 unspecified atom stereocenters. The minimum Gasteiger partial charge on any atom is -0.351 e. The van der Waals surface area contributed by atoms with Crippen LogP contribution in [0.5, 0.6) is 0 Å². The van der Waals surface area contributed by atoms with Crippen molar-refractivity contribution in [2.24, 2.45) is 0 Å². The van der Waals surface area contributed by atoms with Gasteiger partial charge >= 0.3 is 0 Å². The predicted octanol–water partition coefficient (Wildman–Crippen LogP) is 4.81. The molecule has 0 aliphatic heterocycles. The van der Waals surface area contributed by atoms with Crippen molar-refractivity contribution in [1.29, 1.82) is 0 Å². The van der Waals surface area contributed by atoms with Gasteiger partial charge in [0.25, 0.3) is 5.91 Å². The van der Waals surface area contributed by atoms with Crippen molar-refractivity contribution in [2.75, 3.05) is 6.54 Å². The van der Waals surface area contributed by atoms with Crippen LogP contribution in [-0.2, 0) is 5.41 Å². The van der Waals surface area contributed by atoms with Crippen LogP contribution in [0.15, 0.2) is 53.0 Å². The second-order valence-electron chi connectivity index (χ2n) is 5.56. The standard InChI is InChI=1S/C17H17BrClNO/c1-17(2,13-6-4-3-5-7-13)11-20-16(21)12-8-9-14(18)15(19)10-12/h3-10H,11H2,1-2H3,(H,20,21). The van der Waals surface area contributed by atoms with Gasteiger partial charge in [0.2, 0.25) is 0 Å². The molecule has 1 amide bonds. The molecule has 2 aromatic rings. The molecule has 0 aliphatic rings. The van der Waals surface area contributed by atoms with E-state index < -0.39 is 0 Å². The van der Waals surface area contributed by atoms with Crippen molar-refractivity contribution < 1.29 is 4.79 Å². The molecule has 21 heavy (non-hydrogen) atoms. The molecule has 1 N–H and O–H groups in total. The molecule has 0 heterocycles. The Bertz CT molecular complexity index is 640. The van der Waals surface area contributed by atoms with E-state index in [0.29, 0.717) is 17.1 Å². The van der Waals surface area contributed by atoms with Crippen molar-refractivity contribution >= 4 is 33.4 Å². The number of amides is 1. The highest BCUT2D eigenvalue weighted by molar-refractivity contribution is 9.10. The Morgan fingerprint density at radius 1 is 1.19 bits per heavy atom. The van der Waals surface area contributed by atoms with Gasteiger partial charge in [0.15, 0.2) is 0 Å². The number of nitrogens with one attached hydrogen (secondary N) is 1. The number of hydrogen-bond donors (Lipinski definition) is 1. The third kappa shape index (κ3) is 4.08. The predicted molar refractivity (Wildman–Crippen MR) is 91.0 cm³/mol. The Hall–Kier alpha value is -1.32. The van der Waals surface area contributed by atoms with Crippen LogP contribution in [0.1, 0.15) is 29.8 Å². The molecule has 0 aliphatic carbocycles. The Labute approximate surface area is 138 Å². The molecule has 0 bridgehead atoms. The average molecular weight is 367 g/mol. The lowest BCUT2D eigenvalue weighted by Crippen LogP contribution is -2.36. The monoisotopic (exact) mass is 365 g/mol. The van der Waals surface area contributed by atoms with Crippen LogP contribution in [-0.4, -0.2) is 12.5 Å². The lowest BCUT2D eigenvalue weighted by Gasteiger charge is -2.25. The molecule has 0 atom stereocenters. The smallest absolute Gasteiger partial charge is 0.251 e. The van der Waals surface area contributed by atoms with E-state index in [1.807, 2.05) is 18.2 Å². The summed E-state index contributed by atoms with van der Waals surface area (Å²) in [6, 6.07) is 15.3. The van der Waals surface area contributed by atoms with Gasteiger partial charge in [0.05, 0.1) is 5.02 Å². The van der Waals surface area contributed by atoms with Gasteiger partial charge in [-0.3, -0.25) is 4.79 Å². The van der Waals surface area contributed by atoms with E-state index in [9.17, 15) is 4.79 Å². The lowest BCUT2D eigenvalue weighted by atomic mass is 9.84. The number of hydrogen-bond acceptors (Lipinski definition) is 1. The first-order chi connectivity index (χ1) is 9.90. The summed E-state index contributed by atoms with van der Waals surface area (Å²) in [6.07, 6.45) is 0. The highest BCUT2D eigenvalue weighted by Crippen LogP contribution is 2.24. The maximum absolute atomic E-state index is 12.2. The molecule has 2 rings (SSSR count). The first kappa shape index (κ1) is 16.1. The molecule has 0 spiro atoms. The van der Waals surface area contributed by atoms with Gasteiger partial charge in [-0.25, -0.2) is 0 Å². The van der Waals surface area contributed by atoms with Crippen molar-refractivity contribution in [3.05, 3.63) is 69.2 Å². The highest BCUT2D eigenvalue weighted by atomic mass is 79.9. The molecule has 110 valence electrons. The van der Waals surface area contributed by atoms with Crippen molar-refractivity contribution in [1.82, 2.24) is 5.32 Å². The van der Waals surface area contributed by atoms with Gasteiger partial charge in [-0.2, -0.15) is 0 Å². The zero-order chi connectivity index (χ0) is 15.5. The largest absolute Gasteiger partial charge is 0.351 e. The van der Waals surface area contributed by atoms with E-state index in [2.05, 4.69) is 47.2 Å².